The number of benzene rings is 2. The van der Waals surface area contributed by atoms with Gasteiger partial charge in [0.2, 0.25) is 4.96 Å². The molecule has 0 bridgehead atoms. The second kappa shape index (κ2) is 6.93. The second-order valence-corrected chi connectivity index (χ2v) is 6.54. The predicted molar refractivity (Wildman–Crippen MR) is 99.4 cm³/mol. The Morgan fingerprint density at radius 3 is 2.81 bits per heavy atom. The fourth-order valence-electron chi connectivity index (χ4n) is 2.42. The molecule has 0 unspecified atom stereocenters. The number of ether oxygens (including phenoxy) is 1. The first-order chi connectivity index (χ1) is 12.7. The lowest BCUT2D eigenvalue weighted by Gasteiger charge is -2.08. The molecule has 0 saturated heterocycles. The Kier molecular flexibility index (Phi) is 4.32. The summed E-state index contributed by atoms with van der Waals surface area (Å²) in [7, 11) is 0. The number of aromatic nitrogens is 4. The molecular formula is C18H15N5O2S. The molecule has 1 amide bonds. The third-order valence-electron chi connectivity index (χ3n) is 3.65. The third-order valence-corrected chi connectivity index (χ3v) is 4.60. The number of nitrogens with one attached hydrogen (secondary N) is 1. The highest BCUT2D eigenvalue weighted by molar-refractivity contribution is 7.19. The van der Waals surface area contributed by atoms with E-state index < -0.39 is 0 Å². The zero-order valence-electron chi connectivity index (χ0n) is 13.9. The lowest BCUT2D eigenvalue weighted by molar-refractivity contribution is -0.118. The molecule has 0 radical (unpaired) electrons. The first kappa shape index (κ1) is 16.2. The van der Waals surface area contributed by atoms with Gasteiger partial charge in [-0.2, -0.15) is 9.61 Å². The van der Waals surface area contributed by atoms with Crippen molar-refractivity contribution in [3.8, 4) is 16.3 Å². The van der Waals surface area contributed by atoms with Crippen molar-refractivity contribution in [2.75, 3.05) is 11.9 Å². The Morgan fingerprint density at radius 1 is 1.15 bits per heavy atom. The summed E-state index contributed by atoms with van der Waals surface area (Å²) in [5.74, 6) is 1.18. The second-order valence-electron chi connectivity index (χ2n) is 5.58. The van der Waals surface area contributed by atoms with Crippen LogP contribution in [0.1, 0.15) is 5.82 Å². The highest BCUT2D eigenvalue weighted by atomic mass is 32.1. The molecule has 2 aromatic carbocycles. The zero-order chi connectivity index (χ0) is 17.9. The molecule has 0 spiro atoms. The fraction of sp³-hybridized carbons (Fsp3) is 0.111. The Balaban J connectivity index is 1.46. The Morgan fingerprint density at radius 2 is 2.00 bits per heavy atom. The molecule has 2 aromatic heterocycles. The van der Waals surface area contributed by atoms with Crippen molar-refractivity contribution in [3.63, 3.8) is 0 Å². The van der Waals surface area contributed by atoms with Crippen LogP contribution in [0.5, 0.6) is 5.75 Å². The Labute approximate surface area is 153 Å². The van der Waals surface area contributed by atoms with E-state index in [9.17, 15) is 4.79 Å². The predicted octanol–water partition coefficient (Wildman–Crippen LogP) is 3.18. The van der Waals surface area contributed by atoms with Gasteiger partial charge in [-0.25, -0.2) is 0 Å². The molecule has 130 valence electrons. The smallest absolute Gasteiger partial charge is 0.262 e. The lowest BCUT2D eigenvalue weighted by Crippen LogP contribution is -2.20. The zero-order valence-corrected chi connectivity index (χ0v) is 14.7. The van der Waals surface area contributed by atoms with Crippen LogP contribution in [-0.4, -0.2) is 32.3 Å². The van der Waals surface area contributed by atoms with E-state index in [1.165, 1.54) is 11.3 Å². The van der Waals surface area contributed by atoms with Crippen LogP contribution < -0.4 is 10.1 Å². The maximum atomic E-state index is 12.1. The SMILES string of the molecule is Cc1nnc2sc(-c3cccc(NC(=O)COc4ccccc4)c3)nn12. The van der Waals surface area contributed by atoms with E-state index in [1.807, 2.05) is 61.5 Å². The van der Waals surface area contributed by atoms with Crippen LogP contribution in [0.15, 0.2) is 54.6 Å². The Hall–Kier alpha value is -3.26. The van der Waals surface area contributed by atoms with Gasteiger partial charge >= 0.3 is 0 Å². The number of nitrogens with zero attached hydrogens (tertiary/aromatic N) is 4. The standard InChI is InChI=1S/C18H15N5O2S/c1-12-20-21-18-23(12)22-17(26-18)13-6-5-7-14(10-13)19-16(24)11-25-15-8-3-2-4-9-15/h2-10H,11H2,1H3,(H,19,24). The van der Waals surface area contributed by atoms with Gasteiger partial charge in [-0.1, -0.05) is 41.7 Å². The Bertz CT molecular complexity index is 1060. The van der Waals surface area contributed by atoms with Crippen LogP contribution in [0.2, 0.25) is 0 Å². The number of rotatable bonds is 5. The van der Waals surface area contributed by atoms with E-state index in [4.69, 9.17) is 4.74 Å². The van der Waals surface area contributed by atoms with Crippen LogP contribution in [0.3, 0.4) is 0 Å². The molecule has 0 atom stereocenters. The van der Waals surface area contributed by atoms with E-state index in [0.29, 0.717) is 11.4 Å². The number of hydrogen-bond acceptors (Lipinski definition) is 6. The summed E-state index contributed by atoms with van der Waals surface area (Å²) in [6, 6.07) is 16.8. The van der Waals surface area contributed by atoms with Crippen LogP contribution in [-0.2, 0) is 4.79 Å². The number of para-hydroxylation sites is 1. The molecule has 0 saturated carbocycles. The third kappa shape index (κ3) is 3.40. The molecule has 0 fully saturated rings. The highest BCUT2D eigenvalue weighted by Gasteiger charge is 2.11. The largest absolute Gasteiger partial charge is 0.484 e. The first-order valence-electron chi connectivity index (χ1n) is 7.96. The normalized spacial score (nSPS) is 10.8. The van der Waals surface area contributed by atoms with Gasteiger partial charge in [-0.15, -0.1) is 10.2 Å². The van der Waals surface area contributed by atoms with Crippen molar-refractivity contribution in [1.29, 1.82) is 0 Å². The number of carbonyl (C=O) groups is 1. The summed E-state index contributed by atoms with van der Waals surface area (Å²) >= 11 is 1.45. The topological polar surface area (TPSA) is 81.4 Å². The molecular weight excluding hydrogens is 350 g/mol. The maximum absolute atomic E-state index is 12.1. The highest BCUT2D eigenvalue weighted by Crippen LogP contribution is 2.27. The van der Waals surface area contributed by atoms with Crippen molar-refractivity contribution in [2.24, 2.45) is 0 Å². The summed E-state index contributed by atoms with van der Waals surface area (Å²) in [5, 5.41) is 16.2. The van der Waals surface area contributed by atoms with Gasteiger partial charge < -0.3 is 10.1 Å². The summed E-state index contributed by atoms with van der Waals surface area (Å²) in [5.41, 5.74) is 1.59. The summed E-state index contributed by atoms with van der Waals surface area (Å²) in [6.45, 7) is 1.80. The van der Waals surface area contributed by atoms with Crippen LogP contribution in [0.4, 0.5) is 5.69 Å². The number of fused-ring (bicyclic) bond motifs is 1. The van der Waals surface area contributed by atoms with Crippen LogP contribution in [0, 0.1) is 6.92 Å². The first-order valence-corrected chi connectivity index (χ1v) is 8.78. The molecule has 0 aliphatic heterocycles. The van der Waals surface area contributed by atoms with Gasteiger partial charge in [0.25, 0.3) is 5.91 Å². The monoisotopic (exact) mass is 365 g/mol. The minimum atomic E-state index is -0.222. The number of anilines is 1. The number of aryl methyl sites for hydroxylation is 1. The molecule has 0 aliphatic carbocycles. The van der Waals surface area contributed by atoms with Gasteiger partial charge in [0.05, 0.1) is 0 Å². The average molecular weight is 365 g/mol. The molecule has 8 heteroatoms. The minimum absolute atomic E-state index is 0.0514. The summed E-state index contributed by atoms with van der Waals surface area (Å²) in [6.07, 6.45) is 0. The fourth-order valence-corrected chi connectivity index (χ4v) is 3.31. The molecule has 26 heavy (non-hydrogen) atoms. The van der Waals surface area contributed by atoms with E-state index in [2.05, 4.69) is 20.6 Å². The lowest BCUT2D eigenvalue weighted by atomic mass is 10.2. The molecule has 2 heterocycles. The van der Waals surface area contributed by atoms with E-state index in [-0.39, 0.29) is 12.5 Å². The molecule has 4 rings (SSSR count). The van der Waals surface area contributed by atoms with Gasteiger partial charge in [0.1, 0.15) is 10.8 Å². The van der Waals surface area contributed by atoms with Gasteiger partial charge in [0, 0.05) is 11.3 Å². The molecule has 0 aliphatic rings. The quantitative estimate of drug-likeness (QED) is 0.587. The van der Waals surface area contributed by atoms with Crippen molar-refractivity contribution in [1.82, 2.24) is 19.8 Å². The van der Waals surface area contributed by atoms with Gasteiger partial charge in [-0.3, -0.25) is 4.79 Å². The van der Waals surface area contributed by atoms with Crippen LogP contribution >= 0.6 is 11.3 Å². The van der Waals surface area contributed by atoms with Crippen molar-refractivity contribution in [2.45, 2.75) is 6.92 Å². The number of hydrogen-bond donors (Lipinski definition) is 1. The maximum Gasteiger partial charge on any atom is 0.262 e. The van der Waals surface area contributed by atoms with Crippen molar-refractivity contribution < 1.29 is 9.53 Å². The van der Waals surface area contributed by atoms with Crippen LogP contribution in [0.25, 0.3) is 15.5 Å². The van der Waals surface area contributed by atoms with Crippen molar-refractivity contribution >= 4 is 27.9 Å². The molecule has 4 aromatic rings. The number of amides is 1. The summed E-state index contributed by atoms with van der Waals surface area (Å²) < 4.78 is 7.16. The number of carbonyl (C=O) groups excluding carboxylic acids is 1. The molecule has 7 nitrogen and oxygen atoms in total. The average Bonchev–Trinajstić information content (AvgIpc) is 3.23. The van der Waals surface area contributed by atoms with Gasteiger partial charge in [-0.05, 0) is 31.2 Å². The van der Waals surface area contributed by atoms with Crippen molar-refractivity contribution in [3.05, 3.63) is 60.4 Å². The minimum Gasteiger partial charge on any atom is -0.484 e. The molecule has 1 N–H and O–H groups in total. The van der Waals surface area contributed by atoms with E-state index in [0.717, 1.165) is 21.4 Å². The van der Waals surface area contributed by atoms with E-state index in [1.54, 1.807) is 4.52 Å². The summed E-state index contributed by atoms with van der Waals surface area (Å²) in [4.78, 5) is 12.8. The van der Waals surface area contributed by atoms with E-state index >= 15 is 0 Å². The van der Waals surface area contributed by atoms with Gasteiger partial charge in [0.15, 0.2) is 12.4 Å².